The molecule has 4 rings (SSSR count). The summed E-state index contributed by atoms with van der Waals surface area (Å²) in [7, 11) is 0. The number of hydrogen-bond donors (Lipinski definition) is 1. The van der Waals surface area contributed by atoms with Gasteiger partial charge in [-0.15, -0.1) is 5.06 Å². The van der Waals surface area contributed by atoms with Gasteiger partial charge in [0.25, 0.3) is 0 Å². The Balaban J connectivity index is 1.89. The van der Waals surface area contributed by atoms with Crippen molar-refractivity contribution >= 4 is 22.7 Å². The maximum atomic E-state index is 10.8. The van der Waals surface area contributed by atoms with Gasteiger partial charge in [0.1, 0.15) is 11.4 Å². The average molecular weight is 310 g/mol. The van der Waals surface area contributed by atoms with Crippen LogP contribution in [0.4, 0.5) is 5.69 Å². The molecule has 2 heterocycles. The topological polar surface area (TPSA) is 45.1 Å². The molecule has 2 aliphatic rings. The van der Waals surface area contributed by atoms with Crippen LogP contribution in [-0.2, 0) is 0 Å². The van der Waals surface area contributed by atoms with Crippen LogP contribution in [0.2, 0.25) is 0 Å². The molecule has 1 atom stereocenters. The Morgan fingerprint density at radius 2 is 1.83 bits per heavy atom. The molecule has 0 unspecified atom stereocenters. The molecule has 1 N–H and O–H groups in total. The SMILES string of the molecule is CC1(C)CC(C)(C)[C@]2(C=Nc3c(ccc4ccccc34)O2)N1O. The number of hydroxylamine groups is 2. The van der Waals surface area contributed by atoms with Crippen molar-refractivity contribution in [3.8, 4) is 5.75 Å². The van der Waals surface area contributed by atoms with Gasteiger partial charge in [0.15, 0.2) is 0 Å². The summed E-state index contributed by atoms with van der Waals surface area (Å²) in [5.74, 6) is 0.719. The van der Waals surface area contributed by atoms with Crippen molar-refractivity contribution in [2.75, 3.05) is 0 Å². The smallest absolute Gasteiger partial charge is 0.226 e. The molecule has 1 saturated heterocycles. The largest absolute Gasteiger partial charge is 0.462 e. The first-order valence-corrected chi connectivity index (χ1v) is 8.02. The van der Waals surface area contributed by atoms with Crippen molar-refractivity contribution < 1.29 is 9.94 Å². The van der Waals surface area contributed by atoms with Crippen LogP contribution >= 0.6 is 0 Å². The number of rotatable bonds is 0. The van der Waals surface area contributed by atoms with Gasteiger partial charge < -0.3 is 9.94 Å². The van der Waals surface area contributed by atoms with Crippen LogP contribution in [0, 0.1) is 5.41 Å². The molecule has 0 aromatic heterocycles. The standard InChI is InChI=1S/C19H22N2O2/c1-17(2)11-18(3,4)21(22)19(17)12-20-16-14-8-6-5-7-13(14)9-10-15(16)23-19/h5-10,12,22H,11H2,1-4H3/t19-/m1/s1. The van der Waals surface area contributed by atoms with E-state index in [1.54, 1.807) is 6.21 Å². The van der Waals surface area contributed by atoms with E-state index in [9.17, 15) is 5.21 Å². The molecule has 2 aliphatic heterocycles. The van der Waals surface area contributed by atoms with E-state index < -0.39 is 5.72 Å². The maximum absolute atomic E-state index is 10.8. The molecule has 23 heavy (non-hydrogen) atoms. The van der Waals surface area contributed by atoms with Gasteiger partial charge in [0.05, 0.1) is 6.21 Å². The third-order valence-electron chi connectivity index (χ3n) is 5.23. The van der Waals surface area contributed by atoms with Crippen LogP contribution in [0.15, 0.2) is 41.4 Å². The van der Waals surface area contributed by atoms with E-state index in [4.69, 9.17) is 9.73 Å². The van der Waals surface area contributed by atoms with Crippen molar-refractivity contribution in [1.29, 1.82) is 0 Å². The Morgan fingerprint density at radius 3 is 2.52 bits per heavy atom. The fourth-order valence-electron chi connectivity index (χ4n) is 4.23. The van der Waals surface area contributed by atoms with Gasteiger partial charge in [-0.25, -0.2) is 0 Å². The number of nitrogens with zero attached hydrogens (tertiary/aromatic N) is 2. The zero-order valence-electron chi connectivity index (χ0n) is 14.0. The fourth-order valence-corrected chi connectivity index (χ4v) is 4.23. The predicted molar refractivity (Wildman–Crippen MR) is 91.6 cm³/mol. The lowest BCUT2D eigenvalue weighted by atomic mass is 9.79. The Kier molecular flexibility index (Phi) is 2.77. The van der Waals surface area contributed by atoms with Crippen LogP contribution in [0.1, 0.15) is 34.1 Å². The third-order valence-corrected chi connectivity index (χ3v) is 5.23. The van der Waals surface area contributed by atoms with Gasteiger partial charge in [0.2, 0.25) is 5.72 Å². The van der Waals surface area contributed by atoms with Gasteiger partial charge in [0, 0.05) is 16.3 Å². The van der Waals surface area contributed by atoms with E-state index in [1.807, 2.05) is 44.2 Å². The quantitative estimate of drug-likeness (QED) is 0.777. The highest BCUT2D eigenvalue weighted by Gasteiger charge is 2.64. The molecule has 2 aromatic carbocycles. The Morgan fingerprint density at radius 1 is 1.09 bits per heavy atom. The van der Waals surface area contributed by atoms with Gasteiger partial charge in [-0.1, -0.05) is 44.2 Å². The highest BCUT2D eigenvalue weighted by Crippen LogP contribution is 2.55. The molecule has 0 bridgehead atoms. The van der Waals surface area contributed by atoms with Gasteiger partial charge in [-0.2, -0.15) is 0 Å². The van der Waals surface area contributed by atoms with E-state index in [2.05, 4.69) is 19.9 Å². The molecular weight excluding hydrogens is 288 g/mol. The van der Waals surface area contributed by atoms with E-state index in [0.717, 1.165) is 28.6 Å². The molecular formula is C19H22N2O2. The van der Waals surface area contributed by atoms with Crippen LogP contribution in [0.5, 0.6) is 5.75 Å². The van der Waals surface area contributed by atoms with Gasteiger partial charge in [-0.05, 0) is 31.7 Å². The van der Waals surface area contributed by atoms with Crippen LogP contribution < -0.4 is 4.74 Å². The molecule has 1 fully saturated rings. The second-order valence-corrected chi connectivity index (χ2v) is 7.88. The Hall–Kier alpha value is -1.91. The summed E-state index contributed by atoms with van der Waals surface area (Å²) >= 11 is 0. The molecule has 0 amide bonds. The zero-order valence-corrected chi connectivity index (χ0v) is 14.0. The molecule has 2 aromatic rings. The average Bonchev–Trinajstić information content (AvgIpc) is 2.64. The first-order valence-electron chi connectivity index (χ1n) is 8.02. The zero-order chi connectivity index (χ0) is 16.5. The minimum Gasteiger partial charge on any atom is -0.462 e. The first-order chi connectivity index (χ1) is 10.8. The monoisotopic (exact) mass is 310 g/mol. The number of hydrogen-bond acceptors (Lipinski definition) is 4. The summed E-state index contributed by atoms with van der Waals surface area (Å²) in [5, 5.41) is 14.4. The molecule has 0 saturated carbocycles. The van der Waals surface area contributed by atoms with E-state index >= 15 is 0 Å². The van der Waals surface area contributed by atoms with Crippen molar-refractivity contribution in [2.45, 2.75) is 45.4 Å². The van der Waals surface area contributed by atoms with E-state index in [1.165, 1.54) is 5.06 Å². The van der Waals surface area contributed by atoms with E-state index in [0.29, 0.717) is 0 Å². The molecule has 1 spiro atoms. The molecule has 0 radical (unpaired) electrons. The summed E-state index contributed by atoms with van der Waals surface area (Å²) < 4.78 is 6.38. The minimum absolute atomic E-state index is 0.266. The first kappa shape index (κ1) is 14.7. The minimum atomic E-state index is -0.939. The number of aliphatic imine (C=N–C) groups is 1. The highest BCUT2D eigenvalue weighted by molar-refractivity contribution is 5.98. The van der Waals surface area contributed by atoms with Gasteiger partial charge >= 0.3 is 0 Å². The number of ether oxygens (including phenoxy) is 1. The lowest BCUT2D eigenvalue weighted by Gasteiger charge is -2.43. The van der Waals surface area contributed by atoms with Crippen molar-refractivity contribution in [1.82, 2.24) is 5.06 Å². The fraction of sp³-hybridized carbons (Fsp3) is 0.421. The maximum Gasteiger partial charge on any atom is 0.226 e. The molecule has 4 heteroatoms. The molecule has 0 aliphatic carbocycles. The highest BCUT2D eigenvalue weighted by atomic mass is 16.6. The Bertz CT molecular complexity index is 825. The second kappa shape index (κ2) is 4.34. The summed E-state index contributed by atoms with van der Waals surface area (Å²) in [6.45, 7) is 8.28. The van der Waals surface area contributed by atoms with Gasteiger partial charge in [-0.3, -0.25) is 4.99 Å². The van der Waals surface area contributed by atoms with Crippen molar-refractivity contribution in [2.24, 2.45) is 10.4 Å². The summed E-state index contributed by atoms with van der Waals surface area (Å²) in [6.07, 6.45) is 2.59. The summed E-state index contributed by atoms with van der Waals surface area (Å²) in [6, 6.07) is 12.1. The lowest BCUT2D eigenvalue weighted by molar-refractivity contribution is -0.249. The lowest BCUT2D eigenvalue weighted by Crippen LogP contribution is -2.60. The third kappa shape index (κ3) is 1.82. The van der Waals surface area contributed by atoms with Crippen LogP contribution in [-0.4, -0.2) is 27.7 Å². The van der Waals surface area contributed by atoms with Crippen LogP contribution in [0.3, 0.4) is 0 Å². The number of benzene rings is 2. The predicted octanol–water partition coefficient (Wildman–Crippen LogP) is 4.53. The van der Waals surface area contributed by atoms with Crippen molar-refractivity contribution in [3.63, 3.8) is 0 Å². The summed E-state index contributed by atoms with van der Waals surface area (Å²) in [5.41, 5.74) is -0.740. The second-order valence-electron chi connectivity index (χ2n) is 7.88. The van der Waals surface area contributed by atoms with Crippen molar-refractivity contribution in [3.05, 3.63) is 36.4 Å². The van der Waals surface area contributed by atoms with E-state index in [-0.39, 0.29) is 11.0 Å². The number of fused-ring (bicyclic) bond motifs is 3. The molecule has 120 valence electrons. The Labute approximate surface area is 136 Å². The normalized spacial score (nSPS) is 28.0. The van der Waals surface area contributed by atoms with Crippen LogP contribution in [0.25, 0.3) is 10.8 Å². The molecule has 4 nitrogen and oxygen atoms in total. The summed E-state index contributed by atoms with van der Waals surface area (Å²) in [4.78, 5) is 4.72.